The molecule has 5 nitrogen and oxygen atoms in total. The van der Waals surface area contributed by atoms with Gasteiger partial charge in [-0.3, -0.25) is 4.90 Å². The Hall–Kier alpha value is -1.40. The number of benzene rings is 2. The Kier molecular flexibility index (Phi) is 5.77. The van der Waals surface area contributed by atoms with E-state index in [0.29, 0.717) is 16.2 Å². The van der Waals surface area contributed by atoms with Crippen LogP contribution >= 0.6 is 22.6 Å². The van der Waals surface area contributed by atoms with E-state index in [1.54, 1.807) is 11.0 Å². The van der Waals surface area contributed by atoms with E-state index in [9.17, 15) is 23.4 Å². The molecule has 2 fully saturated rings. The van der Waals surface area contributed by atoms with E-state index in [1.165, 1.54) is 18.2 Å². The van der Waals surface area contributed by atoms with Crippen LogP contribution in [0.3, 0.4) is 0 Å². The molecule has 1 aliphatic heterocycles. The quantitative estimate of drug-likeness (QED) is 0.424. The van der Waals surface area contributed by atoms with Crippen molar-refractivity contribution in [2.75, 3.05) is 25.0 Å². The Morgan fingerprint density at radius 3 is 2.52 bits per heavy atom. The summed E-state index contributed by atoms with van der Waals surface area (Å²) in [7, 11) is 0. The minimum absolute atomic E-state index is 0.0305. The van der Waals surface area contributed by atoms with Gasteiger partial charge in [0.1, 0.15) is 17.6 Å². The largest absolute Gasteiger partial charge is 0.386 e. The molecule has 9 heteroatoms. The number of hydrogen-bond acceptors (Lipinski definition) is 5. The Labute approximate surface area is 180 Å². The molecule has 0 amide bonds. The average Bonchev–Trinajstić information content (AvgIpc) is 3.47. The zero-order valence-corrected chi connectivity index (χ0v) is 17.6. The van der Waals surface area contributed by atoms with Gasteiger partial charge in [-0.2, -0.15) is 0 Å². The highest BCUT2D eigenvalue weighted by Crippen LogP contribution is 2.37. The van der Waals surface area contributed by atoms with Crippen LogP contribution in [0.4, 0.5) is 24.5 Å². The van der Waals surface area contributed by atoms with Crippen LogP contribution in [-0.2, 0) is 0 Å². The molecule has 1 heterocycles. The van der Waals surface area contributed by atoms with Gasteiger partial charge < -0.3 is 20.8 Å². The van der Waals surface area contributed by atoms with E-state index < -0.39 is 29.3 Å². The van der Waals surface area contributed by atoms with Crippen molar-refractivity contribution in [1.82, 2.24) is 10.2 Å². The lowest BCUT2D eigenvalue weighted by Crippen LogP contribution is -2.66. The van der Waals surface area contributed by atoms with Crippen molar-refractivity contribution in [2.24, 2.45) is 0 Å². The lowest BCUT2D eigenvalue weighted by Gasteiger charge is -2.49. The molecule has 1 saturated heterocycles. The Balaban J connectivity index is 1.53. The molecule has 1 unspecified atom stereocenters. The molecule has 0 radical (unpaired) electrons. The highest BCUT2D eigenvalue weighted by atomic mass is 127. The molecular weight excluding hydrogens is 498 g/mol. The minimum Gasteiger partial charge on any atom is -0.386 e. The number of likely N-dealkylation sites (tertiary alicyclic amines) is 1. The fourth-order valence-electron chi connectivity index (χ4n) is 3.45. The van der Waals surface area contributed by atoms with E-state index in [1.807, 2.05) is 22.6 Å². The summed E-state index contributed by atoms with van der Waals surface area (Å²) in [6.07, 6.45) is 0.920. The maximum absolute atomic E-state index is 14.5. The zero-order valence-electron chi connectivity index (χ0n) is 15.4. The summed E-state index contributed by atoms with van der Waals surface area (Å²) in [6.45, 7) is 0.784. The second-order valence-electron chi connectivity index (χ2n) is 7.73. The van der Waals surface area contributed by atoms with Crippen LogP contribution in [0.25, 0.3) is 0 Å². The fraction of sp³-hybridized carbons (Fsp3) is 0.400. The van der Waals surface area contributed by atoms with Gasteiger partial charge in [0.25, 0.3) is 0 Å². The number of aliphatic hydroxyl groups excluding tert-OH is 1. The predicted molar refractivity (Wildman–Crippen MR) is 111 cm³/mol. The lowest BCUT2D eigenvalue weighted by atomic mass is 9.92. The number of anilines is 2. The predicted octanol–water partition coefficient (Wildman–Crippen LogP) is 3.24. The van der Waals surface area contributed by atoms with E-state index >= 15 is 0 Å². The van der Waals surface area contributed by atoms with Crippen LogP contribution < -0.4 is 10.6 Å². The number of nitrogens with zero attached hydrogens (tertiary/aromatic N) is 1. The SMILES string of the molecule is OC(c1ccc(F)c(F)c1Nc1ccc(I)cc1F)N1CC(O)(CNC2CC2)C1. The van der Waals surface area contributed by atoms with Crippen LogP contribution in [0.1, 0.15) is 24.6 Å². The average molecular weight is 519 g/mol. The third-order valence-electron chi connectivity index (χ3n) is 5.23. The van der Waals surface area contributed by atoms with Crippen LogP contribution in [0, 0.1) is 21.0 Å². The molecular formula is C20H21F3IN3O2. The van der Waals surface area contributed by atoms with Crippen LogP contribution in [0.5, 0.6) is 0 Å². The Morgan fingerprint density at radius 1 is 1.14 bits per heavy atom. The molecule has 0 spiro atoms. The monoisotopic (exact) mass is 519 g/mol. The first-order valence-corrected chi connectivity index (χ1v) is 10.4. The van der Waals surface area contributed by atoms with Crippen molar-refractivity contribution < 1.29 is 23.4 Å². The van der Waals surface area contributed by atoms with Crippen molar-refractivity contribution in [1.29, 1.82) is 0 Å². The fourth-order valence-corrected chi connectivity index (χ4v) is 3.90. The van der Waals surface area contributed by atoms with Gasteiger partial charge in [0, 0.05) is 34.8 Å². The molecule has 156 valence electrons. The number of rotatable bonds is 7. The molecule has 1 saturated carbocycles. The van der Waals surface area contributed by atoms with Gasteiger partial charge in [0.05, 0.1) is 11.4 Å². The van der Waals surface area contributed by atoms with Crippen molar-refractivity contribution in [3.63, 3.8) is 0 Å². The second-order valence-corrected chi connectivity index (χ2v) is 8.98. The van der Waals surface area contributed by atoms with Gasteiger partial charge in [-0.05, 0) is 65.8 Å². The molecule has 29 heavy (non-hydrogen) atoms. The standard InChI is InChI=1S/C20H21F3IN3O2/c21-14-5-4-13(18(17(14)23)26-16-6-1-11(24)7-15(16)22)19(28)27-9-20(29,10-27)8-25-12-2-3-12/h1,4-7,12,19,25-26,28-29H,2-3,8-10H2. The third-order valence-corrected chi connectivity index (χ3v) is 5.90. The highest BCUT2D eigenvalue weighted by Gasteiger charge is 2.45. The molecule has 2 aromatic rings. The van der Waals surface area contributed by atoms with Crippen molar-refractivity contribution in [3.8, 4) is 0 Å². The highest BCUT2D eigenvalue weighted by molar-refractivity contribution is 14.1. The van der Waals surface area contributed by atoms with Gasteiger partial charge in [0.2, 0.25) is 0 Å². The molecule has 1 atom stereocenters. The second kappa shape index (κ2) is 8.03. The lowest BCUT2D eigenvalue weighted by molar-refractivity contribution is -0.160. The summed E-state index contributed by atoms with van der Waals surface area (Å²) >= 11 is 1.94. The van der Waals surface area contributed by atoms with Gasteiger partial charge in [0.15, 0.2) is 11.6 Å². The van der Waals surface area contributed by atoms with Gasteiger partial charge in [-0.25, -0.2) is 13.2 Å². The van der Waals surface area contributed by atoms with Gasteiger partial charge in [-0.15, -0.1) is 0 Å². The number of hydrogen-bond donors (Lipinski definition) is 4. The first-order valence-electron chi connectivity index (χ1n) is 9.34. The van der Waals surface area contributed by atoms with Crippen LogP contribution in [0.2, 0.25) is 0 Å². The van der Waals surface area contributed by atoms with Crippen molar-refractivity contribution >= 4 is 34.0 Å². The maximum atomic E-state index is 14.5. The number of β-amino-alcohol motifs (C(OH)–C–C–N with tert-alkyl or cyclic N) is 1. The summed E-state index contributed by atoms with van der Waals surface area (Å²) in [5, 5.41) is 27.0. The van der Waals surface area contributed by atoms with Gasteiger partial charge in [-0.1, -0.05) is 0 Å². The van der Waals surface area contributed by atoms with Crippen LogP contribution in [-0.4, -0.2) is 46.4 Å². The summed E-state index contributed by atoms with van der Waals surface area (Å²) in [5.74, 6) is -2.93. The van der Waals surface area contributed by atoms with E-state index in [-0.39, 0.29) is 30.0 Å². The summed E-state index contributed by atoms with van der Waals surface area (Å²) in [6, 6.07) is 6.94. The Morgan fingerprint density at radius 2 is 1.86 bits per heavy atom. The van der Waals surface area contributed by atoms with E-state index in [2.05, 4.69) is 10.6 Å². The molecule has 2 aliphatic rings. The summed E-state index contributed by atoms with van der Waals surface area (Å²) < 4.78 is 43.2. The first kappa shape index (κ1) is 20.9. The number of nitrogens with one attached hydrogen (secondary N) is 2. The van der Waals surface area contributed by atoms with Crippen molar-refractivity contribution in [3.05, 3.63) is 56.9 Å². The third kappa shape index (κ3) is 4.53. The maximum Gasteiger partial charge on any atom is 0.182 e. The van der Waals surface area contributed by atoms with E-state index in [4.69, 9.17) is 0 Å². The zero-order chi connectivity index (χ0) is 20.8. The molecule has 0 aromatic heterocycles. The summed E-state index contributed by atoms with van der Waals surface area (Å²) in [5.41, 5.74) is -1.27. The number of aliphatic hydroxyl groups is 2. The van der Waals surface area contributed by atoms with Crippen LogP contribution in [0.15, 0.2) is 30.3 Å². The van der Waals surface area contributed by atoms with E-state index in [0.717, 1.165) is 18.9 Å². The number of halogens is 4. The topological polar surface area (TPSA) is 67.8 Å². The summed E-state index contributed by atoms with van der Waals surface area (Å²) in [4.78, 5) is 1.55. The smallest absolute Gasteiger partial charge is 0.182 e. The molecule has 4 N–H and O–H groups in total. The van der Waals surface area contributed by atoms with Crippen molar-refractivity contribution in [2.45, 2.75) is 30.7 Å². The van der Waals surface area contributed by atoms with Gasteiger partial charge >= 0.3 is 0 Å². The first-order chi connectivity index (χ1) is 13.8. The molecule has 1 aliphatic carbocycles. The molecule has 4 rings (SSSR count). The molecule has 0 bridgehead atoms. The normalized spacial score (nSPS) is 19.7. The molecule has 2 aromatic carbocycles. The Bertz CT molecular complexity index is 920. The minimum atomic E-state index is -1.28.